The minimum absolute atomic E-state index is 0.182. The fraction of sp³-hybridized carbons (Fsp3) is 0.308. The molecule has 1 aromatic heterocycles. The van der Waals surface area contributed by atoms with Crippen LogP contribution in [0.1, 0.15) is 5.56 Å². The molecule has 0 bridgehead atoms. The molecule has 0 atom stereocenters. The molecule has 0 aliphatic rings. The minimum Gasteiger partial charge on any atom is -0.398 e. The number of hydrogen-bond donors (Lipinski definition) is 1. The summed E-state index contributed by atoms with van der Waals surface area (Å²) in [5.74, 6) is 0. The Kier molecular flexibility index (Phi) is 3.21. The van der Waals surface area contributed by atoms with Crippen LogP contribution < -0.4 is 11.0 Å². The fourth-order valence-electron chi connectivity index (χ4n) is 2.04. The highest BCUT2D eigenvalue weighted by Gasteiger charge is 2.11. The molecule has 2 N–H and O–H groups in total. The Morgan fingerprint density at radius 1 is 1.29 bits per heavy atom. The summed E-state index contributed by atoms with van der Waals surface area (Å²) in [5.41, 5.74) is 10.5. The Labute approximate surface area is 103 Å². The van der Waals surface area contributed by atoms with Crippen molar-refractivity contribution in [2.75, 3.05) is 19.1 Å². The van der Waals surface area contributed by atoms with E-state index < -0.39 is 0 Å². The number of aromatic nitrogens is 2. The first-order valence-electron chi connectivity index (χ1n) is 5.56. The van der Waals surface area contributed by atoms with Gasteiger partial charge in [-0.05, 0) is 43.3 Å². The maximum Gasteiger partial charge on any atom is 0.0708 e. The molecule has 0 unspecified atom stereocenters. The smallest absolute Gasteiger partial charge is 0.0708 e. The molecule has 1 aromatic carbocycles. The van der Waals surface area contributed by atoms with Crippen molar-refractivity contribution < 1.29 is 0 Å². The second-order valence-corrected chi connectivity index (χ2v) is 6.74. The van der Waals surface area contributed by atoms with E-state index in [4.69, 9.17) is 5.73 Å². The van der Waals surface area contributed by atoms with Gasteiger partial charge in [-0.15, -0.1) is 0 Å². The van der Waals surface area contributed by atoms with E-state index in [1.54, 1.807) is 0 Å². The van der Waals surface area contributed by atoms with Crippen molar-refractivity contribution in [1.82, 2.24) is 9.78 Å². The van der Waals surface area contributed by atoms with Crippen molar-refractivity contribution in [3.05, 3.63) is 30.0 Å². The normalized spacial score (nSPS) is 11.1. The van der Waals surface area contributed by atoms with E-state index in [1.165, 1.54) is 22.1 Å². The van der Waals surface area contributed by atoms with Crippen LogP contribution in [-0.2, 0) is 7.05 Å². The van der Waals surface area contributed by atoms with Crippen LogP contribution in [-0.4, -0.2) is 23.1 Å². The quantitative estimate of drug-likeness (QED) is 0.654. The summed E-state index contributed by atoms with van der Waals surface area (Å²) in [5, 5.41) is 5.54. The highest BCUT2D eigenvalue weighted by Crippen LogP contribution is 2.31. The van der Waals surface area contributed by atoms with Crippen LogP contribution in [0.15, 0.2) is 24.4 Å². The SMILES string of the molecule is Cc1cnn(C)c1-c1ccc(N)c(P(C)C)c1. The highest BCUT2D eigenvalue weighted by molar-refractivity contribution is 7.64. The Balaban J connectivity index is 2.58. The first-order valence-corrected chi connectivity index (χ1v) is 7.80. The molecule has 1 heterocycles. The predicted molar refractivity (Wildman–Crippen MR) is 76.2 cm³/mol. The van der Waals surface area contributed by atoms with Gasteiger partial charge in [-0.1, -0.05) is 14.0 Å². The number of nitrogens with two attached hydrogens (primary N) is 1. The lowest BCUT2D eigenvalue weighted by atomic mass is 10.1. The van der Waals surface area contributed by atoms with Crippen molar-refractivity contribution in [2.45, 2.75) is 6.92 Å². The second-order valence-electron chi connectivity index (χ2n) is 4.47. The van der Waals surface area contributed by atoms with Gasteiger partial charge in [0, 0.05) is 18.3 Å². The Bertz CT molecular complexity index is 524. The van der Waals surface area contributed by atoms with Crippen LogP contribution in [0.3, 0.4) is 0 Å². The third-order valence-electron chi connectivity index (χ3n) is 2.91. The average Bonchev–Trinajstić information content (AvgIpc) is 2.59. The van der Waals surface area contributed by atoms with Gasteiger partial charge >= 0.3 is 0 Å². The Hall–Kier alpha value is -1.34. The predicted octanol–water partition coefficient (Wildman–Crippen LogP) is 2.34. The van der Waals surface area contributed by atoms with E-state index in [-0.39, 0.29) is 7.92 Å². The molecule has 0 aliphatic heterocycles. The van der Waals surface area contributed by atoms with Crippen LogP contribution in [0.5, 0.6) is 0 Å². The Morgan fingerprint density at radius 3 is 2.53 bits per heavy atom. The van der Waals surface area contributed by atoms with Crippen molar-refractivity contribution in [2.24, 2.45) is 7.05 Å². The molecular formula is C13H18N3P. The van der Waals surface area contributed by atoms with Crippen LogP contribution in [0.25, 0.3) is 11.3 Å². The summed E-state index contributed by atoms with van der Waals surface area (Å²) in [4.78, 5) is 0. The fourth-order valence-corrected chi connectivity index (χ4v) is 3.03. The van der Waals surface area contributed by atoms with Gasteiger partial charge in [-0.25, -0.2) is 0 Å². The van der Waals surface area contributed by atoms with E-state index in [1.807, 2.05) is 24.0 Å². The van der Waals surface area contributed by atoms with Gasteiger partial charge < -0.3 is 5.73 Å². The van der Waals surface area contributed by atoms with Crippen LogP contribution in [0, 0.1) is 6.92 Å². The molecule has 3 nitrogen and oxygen atoms in total. The zero-order chi connectivity index (χ0) is 12.6. The number of nitrogens with zero attached hydrogens (tertiary/aromatic N) is 2. The van der Waals surface area contributed by atoms with Gasteiger partial charge in [0.15, 0.2) is 0 Å². The summed E-state index contributed by atoms with van der Waals surface area (Å²) in [6.45, 7) is 6.53. The lowest BCUT2D eigenvalue weighted by Crippen LogP contribution is -2.08. The molecule has 0 radical (unpaired) electrons. The molecule has 0 amide bonds. The number of aryl methyl sites for hydroxylation is 2. The van der Waals surface area contributed by atoms with Crippen molar-refractivity contribution in [1.29, 1.82) is 0 Å². The van der Waals surface area contributed by atoms with Crippen molar-refractivity contribution in [3.63, 3.8) is 0 Å². The molecule has 0 aliphatic carbocycles. The maximum absolute atomic E-state index is 6.01. The minimum atomic E-state index is -0.182. The van der Waals surface area contributed by atoms with E-state index in [2.05, 4.69) is 37.5 Å². The molecule has 0 saturated heterocycles. The third kappa shape index (κ3) is 2.20. The molecule has 0 spiro atoms. The van der Waals surface area contributed by atoms with Gasteiger partial charge in [0.05, 0.1) is 11.9 Å². The van der Waals surface area contributed by atoms with E-state index in [0.29, 0.717) is 0 Å². The zero-order valence-electron chi connectivity index (χ0n) is 10.7. The molecule has 90 valence electrons. The summed E-state index contributed by atoms with van der Waals surface area (Å²) < 4.78 is 1.91. The molecule has 17 heavy (non-hydrogen) atoms. The highest BCUT2D eigenvalue weighted by atomic mass is 31.1. The average molecular weight is 247 g/mol. The molecule has 2 rings (SSSR count). The third-order valence-corrected chi connectivity index (χ3v) is 4.26. The van der Waals surface area contributed by atoms with Crippen molar-refractivity contribution in [3.8, 4) is 11.3 Å². The largest absolute Gasteiger partial charge is 0.398 e. The first-order chi connectivity index (χ1) is 8.00. The monoisotopic (exact) mass is 247 g/mol. The lowest BCUT2D eigenvalue weighted by Gasteiger charge is -2.12. The first kappa shape index (κ1) is 12.1. The molecule has 0 saturated carbocycles. The lowest BCUT2D eigenvalue weighted by molar-refractivity contribution is 0.775. The molecule has 2 aromatic rings. The van der Waals surface area contributed by atoms with Crippen LogP contribution in [0.4, 0.5) is 5.69 Å². The van der Waals surface area contributed by atoms with Crippen LogP contribution >= 0.6 is 7.92 Å². The van der Waals surface area contributed by atoms with E-state index >= 15 is 0 Å². The molecule has 4 heteroatoms. The van der Waals surface area contributed by atoms with Gasteiger partial charge in [0.1, 0.15) is 0 Å². The van der Waals surface area contributed by atoms with E-state index in [0.717, 1.165) is 5.69 Å². The number of benzene rings is 1. The zero-order valence-corrected chi connectivity index (χ0v) is 11.6. The molecular weight excluding hydrogens is 229 g/mol. The molecule has 0 fully saturated rings. The standard InChI is InChI=1S/C13H18N3P/c1-9-8-15-16(2)13(9)10-5-6-11(14)12(7-10)17(3)4/h5-8H,14H2,1-4H3. The van der Waals surface area contributed by atoms with Gasteiger partial charge in [0.25, 0.3) is 0 Å². The number of rotatable bonds is 2. The van der Waals surface area contributed by atoms with Gasteiger partial charge in [-0.2, -0.15) is 5.10 Å². The summed E-state index contributed by atoms with van der Waals surface area (Å²) in [6.07, 6.45) is 1.89. The summed E-state index contributed by atoms with van der Waals surface area (Å²) in [6, 6.07) is 6.27. The van der Waals surface area contributed by atoms with Crippen molar-refractivity contribution >= 4 is 18.9 Å². The number of nitrogen functional groups attached to an aromatic ring is 1. The second kappa shape index (κ2) is 4.50. The Morgan fingerprint density at radius 2 is 2.00 bits per heavy atom. The number of anilines is 1. The van der Waals surface area contributed by atoms with Crippen LogP contribution in [0.2, 0.25) is 0 Å². The maximum atomic E-state index is 6.01. The summed E-state index contributed by atoms with van der Waals surface area (Å²) >= 11 is 0. The number of hydrogen-bond acceptors (Lipinski definition) is 2. The van der Waals surface area contributed by atoms with Gasteiger partial charge in [-0.3, -0.25) is 4.68 Å². The topological polar surface area (TPSA) is 43.8 Å². The van der Waals surface area contributed by atoms with Gasteiger partial charge in [0.2, 0.25) is 0 Å². The summed E-state index contributed by atoms with van der Waals surface area (Å²) in [7, 11) is 1.79. The van der Waals surface area contributed by atoms with E-state index in [9.17, 15) is 0 Å².